The van der Waals surface area contributed by atoms with E-state index in [1.165, 1.54) is 10.6 Å². The first-order chi connectivity index (χ1) is 16.3. The molecule has 0 fully saturated rings. The maximum atomic E-state index is 12.8. The van der Waals surface area contributed by atoms with Crippen molar-refractivity contribution in [2.75, 3.05) is 25.0 Å². The summed E-state index contributed by atoms with van der Waals surface area (Å²) in [6.07, 6.45) is 0. The summed E-state index contributed by atoms with van der Waals surface area (Å²) in [5.74, 6) is -0.295. The number of halogens is 1. The van der Waals surface area contributed by atoms with Gasteiger partial charge in [0.15, 0.2) is 6.61 Å². The van der Waals surface area contributed by atoms with E-state index >= 15 is 0 Å². The Morgan fingerprint density at radius 1 is 1.03 bits per heavy atom. The van der Waals surface area contributed by atoms with Crippen LogP contribution in [0.1, 0.15) is 20.8 Å². The van der Waals surface area contributed by atoms with Gasteiger partial charge in [0.1, 0.15) is 12.3 Å². The number of carbonyl (C=O) groups is 2. The summed E-state index contributed by atoms with van der Waals surface area (Å²) in [6, 6.07) is 11.3. The molecule has 0 saturated heterocycles. The van der Waals surface area contributed by atoms with Gasteiger partial charge in [0.2, 0.25) is 5.91 Å². The maximum Gasteiger partial charge on any atom is 0.331 e. The molecule has 0 saturated carbocycles. The molecule has 180 valence electrons. The van der Waals surface area contributed by atoms with E-state index in [9.17, 15) is 19.2 Å². The first kappa shape index (κ1) is 25.0. The maximum absolute atomic E-state index is 12.8. The molecule has 0 radical (unpaired) electrons. The first-order valence-electron chi connectivity index (χ1n) is 11.0. The Hall–Kier alpha value is -3.59. The lowest BCUT2D eigenvalue weighted by atomic mass is 10.2. The van der Waals surface area contributed by atoms with E-state index in [1.807, 2.05) is 13.8 Å². The quantitative estimate of drug-likeness (QED) is 0.501. The van der Waals surface area contributed by atoms with Gasteiger partial charge in [-0.25, -0.2) is 4.79 Å². The number of amides is 2. The van der Waals surface area contributed by atoms with Crippen molar-refractivity contribution in [2.24, 2.45) is 0 Å². The van der Waals surface area contributed by atoms with Gasteiger partial charge in [0.05, 0.1) is 15.9 Å². The van der Waals surface area contributed by atoms with Crippen molar-refractivity contribution < 1.29 is 14.3 Å². The summed E-state index contributed by atoms with van der Waals surface area (Å²) in [6.45, 7) is 6.42. The van der Waals surface area contributed by atoms with Crippen molar-refractivity contribution in [1.29, 1.82) is 0 Å². The molecule has 3 rings (SSSR count). The van der Waals surface area contributed by atoms with Crippen molar-refractivity contribution in [2.45, 2.75) is 33.9 Å². The van der Waals surface area contributed by atoms with Gasteiger partial charge < -0.3 is 15.0 Å². The number of hydrogen-bond acceptors (Lipinski definition) is 5. The molecule has 0 atom stereocenters. The second kappa shape index (κ2) is 11.0. The number of carbonyl (C=O) groups excluding carboxylic acids is 2. The monoisotopic (exact) mass is 486 g/mol. The zero-order valence-corrected chi connectivity index (χ0v) is 20.1. The number of fused-ring (bicyclic) bond motifs is 1. The predicted molar refractivity (Wildman–Crippen MR) is 132 cm³/mol. The molecule has 0 aliphatic carbocycles. The van der Waals surface area contributed by atoms with E-state index < -0.39 is 11.6 Å². The van der Waals surface area contributed by atoms with Crippen molar-refractivity contribution >= 4 is 40.0 Å². The van der Waals surface area contributed by atoms with E-state index in [1.54, 1.807) is 48.2 Å². The van der Waals surface area contributed by atoms with Gasteiger partial charge in [0.25, 0.3) is 11.5 Å². The zero-order chi connectivity index (χ0) is 24.8. The zero-order valence-electron chi connectivity index (χ0n) is 19.3. The van der Waals surface area contributed by atoms with Crippen LogP contribution >= 0.6 is 11.6 Å². The van der Waals surface area contributed by atoms with E-state index in [4.69, 9.17) is 16.3 Å². The molecule has 0 bridgehead atoms. The minimum absolute atomic E-state index is 0.143. The highest BCUT2D eigenvalue weighted by atomic mass is 35.5. The lowest BCUT2D eigenvalue weighted by Gasteiger charge is -2.19. The average molecular weight is 487 g/mol. The first-order valence-corrected chi connectivity index (χ1v) is 11.4. The van der Waals surface area contributed by atoms with Gasteiger partial charge >= 0.3 is 5.69 Å². The molecule has 0 spiro atoms. The lowest BCUT2D eigenvalue weighted by Crippen LogP contribution is -2.41. The number of nitrogens with zero attached hydrogens (tertiary/aromatic N) is 3. The number of nitrogens with one attached hydrogen (secondary N) is 1. The Morgan fingerprint density at radius 2 is 1.74 bits per heavy atom. The Morgan fingerprint density at radius 3 is 2.38 bits per heavy atom. The number of likely N-dealkylation sites (N-methyl/N-ethyl adjacent to an activating group) is 1. The lowest BCUT2D eigenvalue weighted by molar-refractivity contribution is -0.133. The Kier molecular flexibility index (Phi) is 8.12. The van der Waals surface area contributed by atoms with Crippen molar-refractivity contribution in [3.63, 3.8) is 0 Å². The second-order valence-corrected chi connectivity index (χ2v) is 7.89. The van der Waals surface area contributed by atoms with E-state index in [0.717, 1.165) is 4.57 Å². The molecule has 0 unspecified atom stereocenters. The summed E-state index contributed by atoms with van der Waals surface area (Å²) in [5, 5.41) is 3.29. The molecule has 1 heterocycles. The Balaban J connectivity index is 1.76. The Bertz CT molecular complexity index is 1330. The summed E-state index contributed by atoms with van der Waals surface area (Å²) in [7, 11) is 0. The second-order valence-electron chi connectivity index (χ2n) is 7.48. The standard InChI is InChI=1S/C24H27ClN4O5/c1-4-27(5-2)22(31)15-34-20-12-11-16(13-18(20)25)26-21(30)14-29-19-10-8-7-9-17(19)23(32)28(6-3)24(29)33/h7-13H,4-6,14-15H2,1-3H3,(H,26,30). The van der Waals surface area contributed by atoms with Gasteiger partial charge in [-0.05, 0) is 51.1 Å². The molecular formula is C24H27ClN4O5. The van der Waals surface area contributed by atoms with E-state index in [2.05, 4.69) is 5.32 Å². The number of benzene rings is 2. The molecular weight excluding hydrogens is 460 g/mol. The van der Waals surface area contributed by atoms with Crippen LogP contribution in [0.5, 0.6) is 5.75 Å². The van der Waals surface area contributed by atoms with Crippen LogP contribution in [0.15, 0.2) is 52.1 Å². The molecule has 34 heavy (non-hydrogen) atoms. The summed E-state index contributed by atoms with van der Waals surface area (Å²) < 4.78 is 7.89. The fourth-order valence-corrected chi connectivity index (χ4v) is 3.88. The molecule has 2 amide bonds. The van der Waals surface area contributed by atoms with Crippen LogP contribution in [0.3, 0.4) is 0 Å². The van der Waals surface area contributed by atoms with Gasteiger partial charge in [-0.15, -0.1) is 0 Å². The highest BCUT2D eigenvalue weighted by Crippen LogP contribution is 2.27. The van der Waals surface area contributed by atoms with Gasteiger partial charge in [0, 0.05) is 25.3 Å². The summed E-state index contributed by atoms with van der Waals surface area (Å²) >= 11 is 6.27. The SMILES string of the molecule is CCN(CC)C(=O)COc1ccc(NC(=O)Cn2c(=O)n(CC)c(=O)c3ccccc32)cc1Cl. The third-order valence-electron chi connectivity index (χ3n) is 5.43. The van der Waals surface area contributed by atoms with Crippen LogP contribution in [-0.4, -0.2) is 45.5 Å². The molecule has 2 aromatic carbocycles. The highest BCUT2D eigenvalue weighted by molar-refractivity contribution is 6.32. The number of para-hydroxylation sites is 1. The van der Waals surface area contributed by atoms with Crippen LogP contribution in [0.4, 0.5) is 5.69 Å². The average Bonchev–Trinajstić information content (AvgIpc) is 2.82. The Labute approximate surface area is 201 Å². The summed E-state index contributed by atoms with van der Waals surface area (Å²) in [5.41, 5.74) is -0.154. The predicted octanol–water partition coefficient (Wildman–Crippen LogP) is 2.72. The molecule has 1 aromatic heterocycles. The molecule has 9 nitrogen and oxygen atoms in total. The third kappa shape index (κ3) is 5.31. The fraction of sp³-hybridized carbons (Fsp3) is 0.333. The van der Waals surface area contributed by atoms with Crippen LogP contribution in [0.2, 0.25) is 5.02 Å². The number of hydrogen-bond donors (Lipinski definition) is 1. The molecule has 0 aliphatic heterocycles. The third-order valence-corrected chi connectivity index (χ3v) is 5.73. The molecule has 10 heteroatoms. The number of rotatable bonds is 9. The van der Waals surface area contributed by atoms with Gasteiger partial charge in [-0.1, -0.05) is 23.7 Å². The normalized spacial score (nSPS) is 10.8. The van der Waals surface area contributed by atoms with Gasteiger partial charge in [-0.3, -0.25) is 23.5 Å². The largest absolute Gasteiger partial charge is 0.482 e. The van der Waals surface area contributed by atoms with E-state index in [-0.39, 0.29) is 36.2 Å². The van der Waals surface area contributed by atoms with Crippen LogP contribution in [0.25, 0.3) is 10.9 Å². The molecule has 3 aromatic rings. The van der Waals surface area contributed by atoms with Crippen LogP contribution in [0, 0.1) is 0 Å². The highest BCUT2D eigenvalue weighted by Gasteiger charge is 2.16. The van der Waals surface area contributed by atoms with Crippen molar-refractivity contribution in [3.8, 4) is 5.75 Å². The van der Waals surface area contributed by atoms with Crippen LogP contribution < -0.4 is 21.3 Å². The smallest absolute Gasteiger partial charge is 0.331 e. The van der Waals surface area contributed by atoms with Gasteiger partial charge in [-0.2, -0.15) is 0 Å². The number of aromatic nitrogens is 2. The van der Waals surface area contributed by atoms with E-state index in [0.29, 0.717) is 35.4 Å². The summed E-state index contributed by atoms with van der Waals surface area (Å²) in [4.78, 5) is 51.9. The minimum Gasteiger partial charge on any atom is -0.482 e. The molecule has 0 aliphatic rings. The van der Waals surface area contributed by atoms with Crippen molar-refractivity contribution in [1.82, 2.24) is 14.0 Å². The number of ether oxygens (including phenoxy) is 1. The van der Waals surface area contributed by atoms with Crippen molar-refractivity contribution in [3.05, 3.63) is 68.3 Å². The number of anilines is 1. The molecule has 1 N–H and O–H groups in total. The topological polar surface area (TPSA) is 103 Å². The fourth-order valence-electron chi connectivity index (χ4n) is 3.65. The van der Waals surface area contributed by atoms with Crippen LogP contribution in [-0.2, 0) is 22.7 Å². The minimum atomic E-state index is -0.555.